The maximum absolute atomic E-state index is 10.5. The molecule has 1 heterocycles. The van der Waals surface area contributed by atoms with Gasteiger partial charge < -0.3 is 0 Å². The van der Waals surface area contributed by atoms with Crippen LogP contribution in [-0.4, -0.2) is 15.0 Å². The summed E-state index contributed by atoms with van der Waals surface area (Å²) in [6, 6.07) is 1.35. The average molecular weight is 111 g/mol. The Morgan fingerprint density at radius 3 is 2.88 bits per heavy atom. The van der Waals surface area contributed by atoms with Crippen molar-refractivity contribution in [3.05, 3.63) is 22.6 Å². The SMILES string of the molecule is Cn1nnccc1=O. The summed E-state index contributed by atoms with van der Waals surface area (Å²) in [5, 5.41) is 6.89. The first-order valence-electron chi connectivity index (χ1n) is 2.16. The summed E-state index contributed by atoms with van der Waals surface area (Å²) in [6.45, 7) is 0. The molecule has 0 aromatic carbocycles. The molecule has 0 bridgehead atoms. The molecule has 0 amide bonds. The van der Waals surface area contributed by atoms with Crippen molar-refractivity contribution in [3.63, 3.8) is 0 Å². The molecule has 0 fully saturated rings. The van der Waals surface area contributed by atoms with Crippen LogP contribution in [0.4, 0.5) is 0 Å². The van der Waals surface area contributed by atoms with Gasteiger partial charge in [-0.2, -0.15) is 0 Å². The van der Waals surface area contributed by atoms with E-state index in [-0.39, 0.29) is 5.56 Å². The molecule has 4 nitrogen and oxygen atoms in total. The molecule has 0 unspecified atom stereocenters. The van der Waals surface area contributed by atoms with Crippen molar-refractivity contribution in [2.45, 2.75) is 0 Å². The Kier molecular flexibility index (Phi) is 1.07. The predicted molar refractivity (Wildman–Crippen MR) is 27.3 cm³/mol. The van der Waals surface area contributed by atoms with Gasteiger partial charge in [-0.3, -0.25) is 4.79 Å². The molecule has 0 atom stereocenters. The van der Waals surface area contributed by atoms with Gasteiger partial charge in [-0.25, -0.2) is 4.68 Å². The standard InChI is InChI=1S/C4H5N3O/c1-7-4(8)2-3-5-6-7/h2-3H,1H3. The van der Waals surface area contributed by atoms with Crippen molar-refractivity contribution < 1.29 is 0 Å². The summed E-state index contributed by atoms with van der Waals surface area (Å²) in [4.78, 5) is 10.5. The van der Waals surface area contributed by atoms with Gasteiger partial charge in [0, 0.05) is 13.1 Å². The molecule has 0 aliphatic heterocycles. The monoisotopic (exact) mass is 111 g/mol. The van der Waals surface area contributed by atoms with Crippen LogP contribution in [0.3, 0.4) is 0 Å². The van der Waals surface area contributed by atoms with Crippen LogP contribution in [0.1, 0.15) is 0 Å². The third kappa shape index (κ3) is 0.726. The van der Waals surface area contributed by atoms with E-state index < -0.39 is 0 Å². The van der Waals surface area contributed by atoms with Gasteiger partial charge in [-0.15, -0.1) is 5.10 Å². The summed E-state index contributed by atoms with van der Waals surface area (Å²) >= 11 is 0. The van der Waals surface area contributed by atoms with E-state index in [4.69, 9.17) is 0 Å². The highest BCUT2D eigenvalue weighted by molar-refractivity contribution is 4.74. The zero-order valence-corrected chi connectivity index (χ0v) is 4.40. The van der Waals surface area contributed by atoms with E-state index in [9.17, 15) is 4.79 Å². The maximum Gasteiger partial charge on any atom is 0.269 e. The first kappa shape index (κ1) is 4.96. The molecule has 0 N–H and O–H groups in total. The molecule has 0 aliphatic carbocycles. The lowest BCUT2D eigenvalue weighted by Crippen LogP contribution is -2.18. The molecule has 0 saturated heterocycles. The third-order valence-corrected chi connectivity index (χ3v) is 0.789. The van der Waals surface area contributed by atoms with Crippen LogP contribution in [0.2, 0.25) is 0 Å². The molecular weight excluding hydrogens is 106 g/mol. The van der Waals surface area contributed by atoms with Crippen LogP contribution in [0.5, 0.6) is 0 Å². The van der Waals surface area contributed by atoms with Gasteiger partial charge in [0.05, 0.1) is 6.20 Å². The van der Waals surface area contributed by atoms with Crippen molar-refractivity contribution in [1.29, 1.82) is 0 Å². The molecular formula is C4H5N3O. The van der Waals surface area contributed by atoms with Gasteiger partial charge in [0.1, 0.15) is 0 Å². The molecule has 1 aromatic rings. The highest BCUT2D eigenvalue weighted by Crippen LogP contribution is 1.59. The van der Waals surface area contributed by atoms with Crippen LogP contribution < -0.4 is 5.56 Å². The molecule has 0 radical (unpaired) electrons. The van der Waals surface area contributed by atoms with E-state index in [0.717, 1.165) is 0 Å². The van der Waals surface area contributed by atoms with Crippen molar-refractivity contribution in [1.82, 2.24) is 15.0 Å². The fourth-order valence-electron chi connectivity index (χ4n) is 0.356. The zero-order valence-electron chi connectivity index (χ0n) is 4.40. The number of hydrogen-bond donors (Lipinski definition) is 0. The zero-order chi connectivity index (χ0) is 5.98. The van der Waals surface area contributed by atoms with E-state index >= 15 is 0 Å². The normalized spacial score (nSPS) is 9.12. The molecule has 0 saturated carbocycles. The molecule has 8 heavy (non-hydrogen) atoms. The number of aryl methyl sites for hydroxylation is 1. The lowest BCUT2D eigenvalue weighted by Gasteiger charge is -1.86. The van der Waals surface area contributed by atoms with Crippen LogP contribution in [0, 0.1) is 0 Å². The van der Waals surface area contributed by atoms with Crippen molar-refractivity contribution in [2.75, 3.05) is 0 Å². The average Bonchev–Trinajstić information content (AvgIpc) is 1.77. The largest absolute Gasteiger partial charge is 0.269 e. The van der Waals surface area contributed by atoms with Crippen molar-refractivity contribution in [3.8, 4) is 0 Å². The molecule has 42 valence electrons. The third-order valence-electron chi connectivity index (χ3n) is 0.789. The summed E-state index contributed by atoms with van der Waals surface area (Å²) in [7, 11) is 1.55. The van der Waals surface area contributed by atoms with E-state index in [1.54, 1.807) is 7.05 Å². The number of hydrogen-bond acceptors (Lipinski definition) is 3. The second-order valence-electron chi connectivity index (χ2n) is 1.38. The Labute approximate surface area is 45.8 Å². The quantitative estimate of drug-likeness (QED) is 0.439. The molecule has 4 heteroatoms. The molecule has 0 aliphatic rings. The minimum Gasteiger partial charge on any atom is -0.268 e. The molecule has 1 rings (SSSR count). The predicted octanol–water partition coefficient (Wildman–Crippen LogP) is -0.825. The summed E-state index contributed by atoms with van der Waals surface area (Å²) < 4.78 is 1.17. The lowest BCUT2D eigenvalue weighted by molar-refractivity contribution is 0.639. The topological polar surface area (TPSA) is 47.8 Å². The Balaban J connectivity index is 3.35. The first-order chi connectivity index (χ1) is 3.80. The van der Waals surface area contributed by atoms with Gasteiger partial charge in [0.25, 0.3) is 5.56 Å². The van der Waals surface area contributed by atoms with Crippen LogP contribution in [-0.2, 0) is 7.05 Å². The molecule has 0 spiro atoms. The Morgan fingerprint density at radius 2 is 2.50 bits per heavy atom. The minimum atomic E-state index is -0.139. The van der Waals surface area contributed by atoms with Gasteiger partial charge in [-0.1, -0.05) is 5.21 Å². The van der Waals surface area contributed by atoms with E-state index in [1.165, 1.54) is 16.9 Å². The summed E-state index contributed by atoms with van der Waals surface area (Å²) in [6.07, 6.45) is 1.36. The fraction of sp³-hybridized carbons (Fsp3) is 0.250. The summed E-state index contributed by atoms with van der Waals surface area (Å²) in [5.41, 5.74) is -0.139. The second-order valence-corrected chi connectivity index (χ2v) is 1.38. The van der Waals surface area contributed by atoms with Crippen LogP contribution in [0.25, 0.3) is 0 Å². The Morgan fingerprint density at radius 1 is 1.75 bits per heavy atom. The van der Waals surface area contributed by atoms with Gasteiger partial charge in [-0.05, 0) is 0 Å². The summed E-state index contributed by atoms with van der Waals surface area (Å²) in [5.74, 6) is 0. The Hall–Kier alpha value is -1.19. The highest BCUT2D eigenvalue weighted by atomic mass is 16.1. The number of aromatic nitrogens is 3. The van der Waals surface area contributed by atoms with Crippen molar-refractivity contribution >= 4 is 0 Å². The van der Waals surface area contributed by atoms with E-state index in [0.29, 0.717) is 0 Å². The minimum absolute atomic E-state index is 0.139. The first-order valence-corrected chi connectivity index (χ1v) is 2.16. The van der Waals surface area contributed by atoms with E-state index in [1.807, 2.05) is 0 Å². The maximum atomic E-state index is 10.5. The number of nitrogens with zero attached hydrogens (tertiary/aromatic N) is 3. The van der Waals surface area contributed by atoms with Gasteiger partial charge in [0.2, 0.25) is 0 Å². The highest BCUT2D eigenvalue weighted by Gasteiger charge is 1.82. The Bertz CT molecular complexity index is 229. The molecule has 1 aromatic heterocycles. The number of rotatable bonds is 0. The smallest absolute Gasteiger partial charge is 0.268 e. The lowest BCUT2D eigenvalue weighted by atomic mass is 10.7. The fourth-order valence-corrected chi connectivity index (χ4v) is 0.356. The van der Waals surface area contributed by atoms with Crippen LogP contribution >= 0.6 is 0 Å². The van der Waals surface area contributed by atoms with E-state index in [2.05, 4.69) is 10.3 Å². The van der Waals surface area contributed by atoms with Crippen molar-refractivity contribution in [2.24, 2.45) is 7.05 Å². The second kappa shape index (κ2) is 1.73. The van der Waals surface area contributed by atoms with Gasteiger partial charge >= 0.3 is 0 Å². The van der Waals surface area contributed by atoms with Crippen LogP contribution in [0.15, 0.2) is 17.1 Å². The van der Waals surface area contributed by atoms with Gasteiger partial charge in [0.15, 0.2) is 0 Å².